The van der Waals surface area contributed by atoms with E-state index >= 15 is 0 Å². The lowest BCUT2D eigenvalue weighted by Crippen LogP contribution is -2.13. The van der Waals surface area contributed by atoms with Crippen molar-refractivity contribution in [2.45, 2.75) is 39.9 Å². The van der Waals surface area contributed by atoms with Gasteiger partial charge in [-0.05, 0) is 37.0 Å². The fourth-order valence-corrected chi connectivity index (χ4v) is 2.17. The van der Waals surface area contributed by atoms with Gasteiger partial charge in [-0.3, -0.25) is 0 Å². The van der Waals surface area contributed by atoms with E-state index in [1.807, 2.05) is 18.2 Å². The van der Waals surface area contributed by atoms with Crippen LogP contribution in [-0.4, -0.2) is 18.2 Å². The summed E-state index contributed by atoms with van der Waals surface area (Å²) >= 11 is 5.03. The molecule has 0 saturated carbocycles. The summed E-state index contributed by atoms with van der Waals surface area (Å²) in [5, 5.41) is 0. The number of hydrogen-bond acceptors (Lipinski definition) is 3. The number of nitrogens with two attached hydrogens (primary N) is 1. The molecular weight excluding hydrogens is 258 g/mol. The molecule has 1 aromatic carbocycles. The summed E-state index contributed by atoms with van der Waals surface area (Å²) in [6.07, 6.45) is 1.30. The van der Waals surface area contributed by atoms with Crippen molar-refractivity contribution in [2.24, 2.45) is 11.7 Å². The fraction of sp³-hybridized carbons (Fsp3) is 0.533. The number of thiocarbonyl (C=S) groups is 1. The summed E-state index contributed by atoms with van der Waals surface area (Å²) in [5.74, 6) is 1.34. The molecule has 0 amide bonds. The first-order valence-corrected chi connectivity index (χ1v) is 6.93. The molecule has 3 nitrogen and oxygen atoms in total. The lowest BCUT2D eigenvalue weighted by Gasteiger charge is -2.16. The Morgan fingerprint density at radius 2 is 2.00 bits per heavy atom. The maximum Gasteiger partial charge on any atom is 0.129 e. The van der Waals surface area contributed by atoms with Crippen LogP contribution in [0.4, 0.5) is 0 Å². The zero-order valence-corrected chi connectivity index (χ0v) is 12.9. The minimum Gasteiger partial charge on any atom is -0.496 e. The Labute approximate surface area is 121 Å². The molecular formula is C15H23NO2S. The number of ether oxygens (including phenoxy) is 2. The summed E-state index contributed by atoms with van der Waals surface area (Å²) in [5.41, 5.74) is 7.51. The molecule has 0 spiro atoms. The topological polar surface area (TPSA) is 44.5 Å². The summed E-state index contributed by atoms with van der Waals surface area (Å²) in [6, 6.07) is 5.78. The van der Waals surface area contributed by atoms with Crippen molar-refractivity contribution < 1.29 is 9.47 Å². The average Bonchev–Trinajstić information content (AvgIpc) is 2.35. The Balaban J connectivity index is 2.69. The van der Waals surface area contributed by atoms with Gasteiger partial charge in [0.05, 0.1) is 25.4 Å². The van der Waals surface area contributed by atoms with Crippen LogP contribution in [0, 0.1) is 5.92 Å². The number of rotatable bonds is 7. The van der Waals surface area contributed by atoms with E-state index in [2.05, 4.69) is 20.8 Å². The lowest BCUT2D eigenvalue weighted by molar-refractivity contribution is 0.0397. The first kappa shape index (κ1) is 15.9. The van der Waals surface area contributed by atoms with Gasteiger partial charge in [0.1, 0.15) is 10.7 Å². The van der Waals surface area contributed by atoms with E-state index in [-0.39, 0.29) is 6.10 Å². The van der Waals surface area contributed by atoms with Gasteiger partial charge in [-0.2, -0.15) is 0 Å². The molecule has 0 aliphatic carbocycles. The highest BCUT2D eigenvalue weighted by molar-refractivity contribution is 7.80. The number of hydrogen-bond donors (Lipinski definition) is 1. The summed E-state index contributed by atoms with van der Waals surface area (Å²) < 4.78 is 11.1. The maximum absolute atomic E-state index is 5.82. The quantitative estimate of drug-likeness (QED) is 0.779. The highest BCUT2D eigenvalue weighted by Gasteiger charge is 2.09. The van der Waals surface area contributed by atoms with Crippen LogP contribution >= 0.6 is 12.2 Å². The number of benzene rings is 1. The zero-order valence-electron chi connectivity index (χ0n) is 12.1. The third-order valence-corrected chi connectivity index (χ3v) is 3.09. The Morgan fingerprint density at radius 3 is 2.53 bits per heavy atom. The molecule has 1 atom stereocenters. The predicted octanol–water partition coefficient (Wildman–Crippen LogP) is 3.28. The molecule has 1 unspecified atom stereocenters. The molecule has 0 heterocycles. The largest absolute Gasteiger partial charge is 0.496 e. The van der Waals surface area contributed by atoms with E-state index in [0.29, 0.717) is 23.3 Å². The molecule has 0 fully saturated rings. The molecule has 2 N–H and O–H groups in total. The van der Waals surface area contributed by atoms with E-state index in [9.17, 15) is 0 Å². The second-order valence-corrected chi connectivity index (χ2v) is 5.59. The first-order valence-electron chi connectivity index (χ1n) is 6.52. The van der Waals surface area contributed by atoms with Crippen molar-refractivity contribution in [1.29, 1.82) is 0 Å². The van der Waals surface area contributed by atoms with Crippen molar-refractivity contribution in [1.82, 2.24) is 0 Å². The summed E-state index contributed by atoms with van der Waals surface area (Å²) in [4.78, 5) is 0.342. The van der Waals surface area contributed by atoms with Gasteiger partial charge in [0.15, 0.2) is 0 Å². The van der Waals surface area contributed by atoms with Crippen LogP contribution in [0.3, 0.4) is 0 Å². The van der Waals surface area contributed by atoms with Gasteiger partial charge in [-0.1, -0.05) is 32.1 Å². The molecule has 0 saturated heterocycles. The summed E-state index contributed by atoms with van der Waals surface area (Å²) in [6.45, 7) is 7.04. The van der Waals surface area contributed by atoms with E-state index < -0.39 is 0 Å². The van der Waals surface area contributed by atoms with Crippen LogP contribution < -0.4 is 10.5 Å². The van der Waals surface area contributed by atoms with Gasteiger partial charge in [-0.15, -0.1) is 0 Å². The SMILES string of the molecule is COc1ccc(COC(C)CC(C)C)cc1C(N)=S. The highest BCUT2D eigenvalue weighted by Crippen LogP contribution is 2.21. The molecule has 19 heavy (non-hydrogen) atoms. The molecule has 0 aromatic heterocycles. The van der Waals surface area contributed by atoms with E-state index in [1.54, 1.807) is 7.11 Å². The zero-order chi connectivity index (χ0) is 14.4. The second kappa shape index (κ2) is 7.46. The van der Waals surface area contributed by atoms with Gasteiger partial charge >= 0.3 is 0 Å². The van der Waals surface area contributed by atoms with Crippen LogP contribution in [0.25, 0.3) is 0 Å². The lowest BCUT2D eigenvalue weighted by atomic mass is 10.1. The fourth-order valence-electron chi connectivity index (χ4n) is 2.01. The Hall–Kier alpha value is -1.13. The van der Waals surface area contributed by atoms with Crippen molar-refractivity contribution in [3.05, 3.63) is 29.3 Å². The normalized spacial score (nSPS) is 12.5. The van der Waals surface area contributed by atoms with Gasteiger partial charge in [0.25, 0.3) is 0 Å². The third kappa shape index (κ3) is 5.17. The van der Waals surface area contributed by atoms with E-state index in [0.717, 1.165) is 17.5 Å². The third-order valence-electron chi connectivity index (χ3n) is 2.87. The van der Waals surface area contributed by atoms with Gasteiger partial charge in [0.2, 0.25) is 0 Å². The minimum absolute atomic E-state index is 0.246. The second-order valence-electron chi connectivity index (χ2n) is 5.15. The molecule has 4 heteroatoms. The van der Waals surface area contributed by atoms with Crippen molar-refractivity contribution in [2.75, 3.05) is 7.11 Å². The standard InChI is InChI=1S/C15H23NO2S/c1-10(2)7-11(3)18-9-12-5-6-14(17-4)13(8-12)15(16)19/h5-6,8,10-11H,7,9H2,1-4H3,(H2,16,19). The van der Waals surface area contributed by atoms with Crippen molar-refractivity contribution >= 4 is 17.2 Å². The van der Waals surface area contributed by atoms with Gasteiger partial charge in [0, 0.05) is 0 Å². The Morgan fingerprint density at radius 1 is 1.32 bits per heavy atom. The van der Waals surface area contributed by atoms with Gasteiger partial charge < -0.3 is 15.2 Å². The first-order chi connectivity index (χ1) is 8.93. The van der Waals surface area contributed by atoms with Gasteiger partial charge in [-0.25, -0.2) is 0 Å². The molecule has 0 bridgehead atoms. The van der Waals surface area contributed by atoms with Crippen molar-refractivity contribution in [3.8, 4) is 5.75 Å². The highest BCUT2D eigenvalue weighted by atomic mass is 32.1. The van der Waals surface area contributed by atoms with E-state index in [4.69, 9.17) is 27.4 Å². The van der Waals surface area contributed by atoms with Crippen LogP contribution in [0.1, 0.15) is 38.3 Å². The number of methoxy groups -OCH3 is 1. The molecule has 0 aliphatic rings. The smallest absolute Gasteiger partial charge is 0.129 e. The summed E-state index contributed by atoms with van der Waals surface area (Å²) in [7, 11) is 1.61. The monoisotopic (exact) mass is 281 g/mol. The minimum atomic E-state index is 0.246. The van der Waals surface area contributed by atoms with E-state index in [1.165, 1.54) is 0 Å². The van der Waals surface area contributed by atoms with Crippen LogP contribution in [0.5, 0.6) is 5.75 Å². The molecule has 1 aromatic rings. The molecule has 0 radical (unpaired) electrons. The van der Waals surface area contributed by atoms with Crippen LogP contribution in [0.15, 0.2) is 18.2 Å². The average molecular weight is 281 g/mol. The van der Waals surface area contributed by atoms with Crippen LogP contribution in [0.2, 0.25) is 0 Å². The molecule has 106 valence electrons. The van der Waals surface area contributed by atoms with Crippen LogP contribution in [-0.2, 0) is 11.3 Å². The Kier molecular flexibility index (Phi) is 6.25. The maximum atomic E-state index is 5.82. The molecule has 0 aliphatic heterocycles. The Bertz CT molecular complexity index is 432. The predicted molar refractivity (Wildman–Crippen MR) is 82.6 cm³/mol. The molecule has 1 rings (SSSR count). The van der Waals surface area contributed by atoms with Crippen molar-refractivity contribution in [3.63, 3.8) is 0 Å².